The third-order valence-electron chi connectivity index (χ3n) is 1.05. The van der Waals surface area contributed by atoms with Crippen molar-refractivity contribution in [3.63, 3.8) is 0 Å². The largest absolute Gasteiger partial charge is 0.294 e. The molecule has 1 aliphatic carbocycles. The maximum absolute atomic E-state index is 10.7. The van der Waals surface area contributed by atoms with Gasteiger partial charge < -0.3 is 0 Å². The van der Waals surface area contributed by atoms with Crippen LogP contribution in [0.2, 0.25) is 0 Å². The van der Waals surface area contributed by atoms with Crippen LogP contribution in [0.15, 0.2) is 8.06 Å². The van der Waals surface area contributed by atoms with E-state index in [0.717, 1.165) is 14.5 Å². The minimum Gasteiger partial charge on any atom is -0.294 e. The summed E-state index contributed by atoms with van der Waals surface area (Å²) in [5.41, 5.74) is 0. The number of hydrogen-bond donors (Lipinski definition) is 0. The molecule has 44 valence electrons. The SMILES string of the molecule is O=C1CCC(Br)=C1I. The summed E-state index contributed by atoms with van der Waals surface area (Å²) in [7, 11) is 0. The molecule has 0 saturated carbocycles. The molecule has 0 N–H and O–H groups in total. The van der Waals surface area contributed by atoms with Crippen molar-refractivity contribution in [2.45, 2.75) is 12.8 Å². The highest BCUT2D eigenvalue weighted by Crippen LogP contribution is 2.31. The van der Waals surface area contributed by atoms with Gasteiger partial charge in [0.15, 0.2) is 5.78 Å². The average molecular weight is 287 g/mol. The van der Waals surface area contributed by atoms with Crippen LogP contribution in [0.25, 0.3) is 0 Å². The van der Waals surface area contributed by atoms with Crippen LogP contribution >= 0.6 is 38.5 Å². The normalized spacial score (nSPS) is 20.5. The molecule has 0 bridgehead atoms. The first kappa shape index (κ1) is 6.74. The predicted molar refractivity (Wildman–Crippen MR) is 44.2 cm³/mol. The molecule has 0 saturated heterocycles. The number of ketones is 1. The molecule has 1 nitrogen and oxygen atoms in total. The second kappa shape index (κ2) is 2.47. The number of rotatable bonds is 0. The van der Waals surface area contributed by atoms with Gasteiger partial charge in [-0.2, -0.15) is 0 Å². The first-order valence-corrected chi connectivity index (χ1v) is 4.16. The minimum absolute atomic E-state index is 0.275. The monoisotopic (exact) mass is 286 g/mol. The summed E-state index contributed by atoms with van der Waals surface area (Å²) in [5, 5.41) is 0. The van der Waals surface area contributed by atoms with Gasteiger partial charge in [0, 0.05) is 10.9 Å². The predicted octanol–water partition coefficient (Wildman–Crippen LogP) is 2.39. The summed E-state index contributed by atoms with van der Waals surface area (Å²) in [6.45, 7) is 0. The van der Waals surface area contributed by atoms with Gasteiger partial charge in [-0.15, -0.1) is 0 Å². The summed E-state index contributed by atoms with van der Waals surface area (Å²) in [6.07, 6.45) is 1.59. The van der Waals surface area contributed by atoms with Crippen molar-refractivity contribution in [1.82, 2.24) is 0 Å². The van der Waals surface area contributed by atoms with Gasteiger partial charge in [-0.1, -0.05) is 15.9 Å². The molecule has 0 fully saturated rings. The highest BCUT2D eigenvalue weighted by atomic mass is 127. The van der Waals surface area contributed by atoms with Crippen LogP contribution in [0, 0.1) is 0 Å². The van der Waals surface area contributed by atoms with Crippen molar-refractivity contribution in [2.24, 2.45) is 0 Å². The Morgan fingerprint density at radius 3 is 2.25 bits per heavy atom. The molecule has 0 atom stereocenters. The Balaban J connectivity index is 2.86. The summed E-state index contributed by atoms with van der Waals surface area (Å²) in [6, 6.07) is 0. The minimum atomic E-state index is 0.275. The zero-order valence-electron chi connectivity index (χ0n) is 4.08. The molecule has 1 aliphatic rings. The Morgan fingerprint density at radius 2 is 2.12 bits per heavy atom. The molecule has 0 heterocycles. The van der Waals surface area contributed by atoms with E-state index in [9.17, 15) is 4.79 Å². The molecule has 0 unspecified atom stereocenters. The Morgan fingerprint density at radius 1 is 1.50 bits per heavy atom. The maximum atomic E-state index is 10.7. The van der Waals surface area contributed by atoms with E-state index in [1.807, 2.05) is 0 Å². The fraction of sp³-hybridized carbons (Fsp3) is 0.400. The quantitative estimate of drug-likeness (QED) is 0.625. The van der Waals surface area contributed by atoms with Crippen molar-refractivity contribution >= 4 is 44.3 Å². The summed E-state index contributed by atoms with van der Waals surface area (Å²) in [5.74, 6) is 0.275. The molecule has 8 heavy (non-hydrogen) atoms. The van der Waals surface area contributed by atoms with E-state index < -0.39 is 0 Å². The van der Waals surface area contributed by atoms with E-state index >= 15 is 0 Å². The first-order valence-electron chi connectivity index (χ1n) is 2.29. The van der Waals surface area contributed by atoms with Crippen molar-refractivity contribution in [2.75, 3.05) is 0 Å². The molecule has 0 radical (unpaired) electrons. The second-order valence-corrected chi connectivity index (χ2v) is 3.68. The molecule has 3 heteroatoms. The van der Waals surface area contributed by atoms with Gasteiger partial charge in [0.1, 0.15) is 0 Å². The fourth-order valence-electron chi connectivity index (χ4n) is 0.594. The van der Waals surface area contributed by atoms with Gasteiger partial charge in [-0.3, -0.25) is 4.79 Å². The molecule has 0 aromatic rings. The smallest absolute Gasteiger partial charge is 0.170 e. The zero-order chi connectivity index (χ0) is 6.15. The lowest BCUT2D eigenvalue weighted by molar-refractivity contribution is -0.114. The standard InChI is InChI=1S/C5H4BrIO/c6-3-1-2-4(8)5(3)7/h1-2H2. The van der Waals surface area contributed by atoms with Gasteiger partial charge in [-0.25, -0.2) is 0 Å². The topological polar surface area (TPSA) is 17.1 Å². The molecule has 0 spiro atoms. The molecular weight excluding hydrogens is 283 g/mol. The molecule has 0 amide bonds. The lowest BCUT2D eigenvalue weighted by atomic mass is 10.3. The van der Waals surface area contributed by atoms with Crippen LogP contribution in [-0.4, -0.2) is 5.78 Å². The summed E-state index contributed by atoms with van der Waals surface area (Å²) >= 11 is 5.36. The highest BCUT2D eigenvalue weighted by Gasteiger charge is 2.17. The number of carbonyl (C=O) groups is 1. The second-order valence-electron chi connectivity index (χ2n) is 1.64. The average Bonchev–Trinajstić information content (AvgIpc) is 1.98. The molecule has 1 rings (SSSR count). The number of hydrogen-bond acceptors (Lipinski definition) is 1. The zero-order valence-corrected chi connectivity index (χ0v) is 7.82. The third-order valence-corrected chi connectivity index (χ3v) is 3.84. The van der Waals surface area contributed by atoms with E-state index in [4.69, 9.17) is 0 Å². The van der Waals surface area contributed by atoms with E-state index in [1.54, 1.807) is 0 Å². The molecule has 0 aromatic carbocycles. The molecule has 0 aromatic heterocycles. The van der Waals surface area contributed by atoms with Gasteiger partial charge in [0.2, 0.25) is 0 Å². The first-order chi connectivity index (χ1) is 3.72. The van der Waals surface area contributed by atoms with Crippen LogP contribution in [0.5, 0.6) is 0 Å². The van der Waals surface area contributed by atoms with Gasteiger partial charge in [0.05, 0.1) is 3.58 Å². The van der Waals surface area contributed by atoms with Crippen molar-refractivity contribution in [1.29, 1.82) is 0 Å². The number of Topliss-reactive ketones (excluding diaryl/α,β-unsaturated/α-hetero) is 1. The maximum Gasteiger partial charge on any atom is 0.170 e. The Kier molecular flexibility index (Phi) is 2.08. The summed E-state index contributed by atoms with van der Waals surface area (Å²) < 4.78 is 1.95. The summed E-state index contributed by atoms with van der Waals surface area (Å²) in [4.78, 5) is 10.7. The molecular formula is C5H4BrIO. The van der Waals surface area contributed by atoms with Crippen molar-refractivity contribution in [3.8, 4) is 0 Å². The van der Waals surface area contributed by atoms with Crippen LogP contribution in [-0.2, 0) is 4.79 Å². The highest BCUT2D eigenvalue weighted by molar-refractivity contribution is 14.1. The number of allylic oxidation sites excluding steroid dienone is 2. The van der Waals surface area contributed by atoms with Crippen LogP contribution in [0.1, 0.15) is 12.8 Å². The van der Waals surface area contributed by atoms with E-state index in [2.05, 4.69) is 38.5 Å². The lowest BCUT2D eigenvalue weighted by Crippen LogP contribution is -1.86. The van der Waals surface area contributed by atoms with Gasteiger partial charge in [0.25, 0.3) is 0 Å². The van der Waals surface area contributed by atoms with Crippen LogP contribution in [0.3, 0.4) is 0 Å². The Hall–Kier alpha value is 0.620. The molecule has 0 aliphatic heterocycles. The van der Waals surface area contributed by atoms with Crippen molar-refractivity contribution < 1.29 is 4.79 Å². The third kappa shape index (κ3) is 1.13. The van der Waals surface area contributed by atoms with E-state index in [-0.39, 0.29) is 5.78 Å². The van der Waals surface area contributed by atoms with Gasteiger partial charge in [-0.05, 0) is 29.0 Å². The Bertz CT molecular complexity index is 162. The van der Waals surface area contributed by atoms with Crippen molar-refractivity contribution in [3.05, 3.63) is 8.06 Å². The van der Waals surface area contributed by atoms with Gasteiger partial charge >= 0.3 is 0 Å². The number of halogens is 2. The Labute approximate surface area is 69.8 Å². The van der Waals surface area contributed by atoms with E-state index in [0.29, 0.717) is 6.42 Å². The number of carbonyl (C=O) groups excluding carboxylic acids is 1. The van der Waals surface area contributed by atoms with Crippen LogP contribution < -0.4 is 0 Å². The lowest BCUT2D eigenvalue weighted by Gasteiger charge is -1.82. The van der Waals surface area contributed by atoms with Crippen LogP contribution in [0.4, 0.5) is 0 Å². The fourth-order valence-corrected chi connectivity index (χ4v) is 1.55. The van der Waals surface area contributed by atoms with E-state index in [1.165, 1.54) is 0 Å².